The molecule has 296 valence electrons. The topological polar surface area (TPSA) is 0 Å². The molecule has 0 saturated carbocycles. The Hall–Kier alpha value is -5.85. The van der Waals surface area contributed by atoms with E-state index < -0.39 is 0 Å². The molecule has 0 heterocycles. The van der Waals surface area contributed by atoms with E-state index >= 15 is 0 Å². The Morgan fingerprint density at radius 1 is 0.197 bits per heavy atom. The summed E-state index contributed by atoms with van der Waals surface area (Å²) in [5.74, 6) is 0. The van der Waals surface area contributed by atoms with Crippen molar-refractivity contribution in [2.75, 3.05) is 0 Å². The van der Waals surface area contributed by atoms with Crippen molar-refractivity contribution in [2.45, 2.75) is 0 Å². The van der Waals surface area contributed by atoms with Crippen molar-refractivity contribution in [3.63, 3.8) is 0 Å². The van der Waals surface area contributed by atoms with Gasteiger partial charge in [0.05, 0.1) is 0 Å². The largest absolute Gasteiger partial charge is 0.139 e. The molecule has 0 radical (unpaired) electrons. The van der Waals surface area contributed by atoms with E-state index in [9.17, 15) is 0 Å². The average Bonchev–Trinajstić information content (AvgIpc) is 3.34. The summed E-state index contributed by atoms with van der Waals surface area (Å²) in [5.41, 5.74) is 27.4. The van der Waals surface area contributed by atoms with E-state index in [0.717, 1.165) is 0 Å². The van der Waals surface area contributed by atoms with E-state index in [1.165, 1.54) is 185 Å². The first-order valence-electron chi connectivity index (χ1n) is 24.0. The highest BCUT2D eigenvalue weighted by Gasteiger charge is 2.30. The molecule has 0 aliphatic heterocycles. The highest BCUT2D eigenvalue weighted by molar-refractivity contribution is 6.73. The maximum absolute atomic E-state index is 2.51. The Morgan fingerprint density at radius 2 is 0.455 bits per heavy atom. The second kappa shape index (κ2) is 15.3. The summed E-state index contributed by atoms with van der Waals surface area (Å²) in [6.07, 6.45) is 0. The monoisotopic (exact) mass is 824 g/mol. The summed E-state index contributed by atoms with van der Waals surface area (Å²) < 4.78 is 0. The van der Waals surface area contributed by atoms with Crippen LogP contribution < -0.4 is 76.5 Å². The molecule has 0 bridgehead atoms. The lowest BCUT2D eigenvalue weighted by Crippen LogP contribution is -2.50. The quantitative estimate of drug-likeness (QED) is 0.0946. The molecule has 0 fully saturated rings. The van der Waals surface area contributed by atoms with Crippen LogP contribution in [-0.2, 0) is 0 Å². The number of rotatable bonds is 3. The Morgan fingerprint density at radius 3 is 0.833 bits per heavy atom. The van der Waals surface area contributed by atoms with Crippen LogP contribution in [0.25, 0.3) is 109 Å². The normalized spacial score (nSPS) is 11.9. The van der Waals surface area contributed by atoms with Gasteiger partial charge in [0, 0.05) is 0 Å². The van der Waals surface area contributed by atoms with Crippen molar-refractivity contribution in [1.29, 1.82) is 0 Å². The lowest BCUT2D eigenvalue weighted by molar-refractivity contribution is 1.74. The van der Waals surface area contributed by atoms with Crippen LogP contribution in [0.5, 0.6) is 0 Å². The van der Waals surface area contributed by atoms with Gasteiger partial charge in [0.2, 0.25) is 0 Å². The molecule has 0 atom stereocenters. The molecule has 0 aliphatic carbocycles. The predicted octanol–water partition coefficient (Wildman–Crippen LogP) is -9.62. The predicted molar refractivity (Wildman–Crippen MR) is 340 cm³/mol. The molecule has 0 unspecified atom stereocenters. The van der Waals surface area contributed by atoms with Crippen LogP contribution in [0.3, 0.4) is 0 Å². The fourth-order valence-electron chi connectivity index (χ4n) is 12.5. The van der Waals surface area contributed by atoms with Crippen LogP contribution in [0.15, 0.2) is 109 Å². The van der Waals surface area contributed by atoms with Gasteiger partial charge in [-0.25, -0.2) is 0 Å². The number of fused-ring (bicyclic) bond motifs is 9. The number of hydrogen-bond acceptors (Lipinski definition) is 0. The second-order valence-corrected chi connectivity index (χ2v) is 19.9. The van der Waals surface area contributed by atoms with Crippen molar-refractivity contribution >= 4 is 262 Å². The van der Waals surface area contributed by atoms with Crippen LogP contribution >= 0.6 is 0 Å². The molecule has 66 heavy (non-hydrogen) atoms. The standard InChI is InChI=1S/C52H46B14/c53-39-30(28-18-20-10-2-4-12-22(20)24-14-6-8-16-26(24)28)34-38(46(60)52(66)49(63)43(34)57)37(40(39)54)31-35-32(41(55)47(61)50(64)44(35)58)29(33-36(31)45(59)51(65)48(62)42(33)56)27-17-19-9-1-3-11-21(19)23-13-5-7-15-25(23)27/h1-18H,53-66H2. The Balaban J connectivity index is 1.45. The van der Waals surface area contributed by atoms with Crippen LogP contribution in [0.1, 0.15) is 0 Å². The first-order valence-corrected chi connectivity index (χ1v) is 24.0. The maximum Gasteiger partial charge on any atom is 0.139 e. The van der Waals surface area contributed by atoms with Gasteiger partial charge in [-0.3, -0.25) is 0 Å². The van der Waals surface area contributed by atoms with E-state index in [4.69, 9.17) is 0 Å². The van der Waals surface area contributed by atoms with E-state index in [0.29, 0.717) is 0 Å². The maximum atomic E-state index is 2.51. The highest BCUT2D eigenvalue weighted by atomic mass is 14.3. The van der Waals surface area contributed by atoms with Crippen LogP contribution in [0, 0.1) is 0 Å². The molecule has 11 rings (SSSR count). The third kappa shape index (κ3) is 5.72. The summed E-state index contributed by atoms with van der Waals surface area (Å²) >= 11 is 0. The van der Waals surface area contributed by atoms with Crippen molar-refractivity contribution in [3.05, 3.63) is 109 Å². The minimum absolute atomic E-state index is 1.28. The molecule has 0 aliphatic rings. The molecular weight excluding hydrogens is 776 g/mol. The average molecular weight is 822 g/mol. The highest BCUT2D eigenvalue weighted by Crippen LogP contribution is 2.46. The van der Waals surface area contributed by atoms with E-state index in [1.54, 1.807) is 0 Å². The first-order chi connectivity index (χ1) is 31.6. The van der Waals surface area contributed by atoms with Crippen LogP contribution in [0.2, 0.25) is 0 Å². The zero-order valence-electron chi connectivity index (χ0n) is 41.4. The lowest BCUT2D eigenvalue weighted by atomic mass is 9.57. The van der Waals surface area contributed by atoms with E-state index in [2.05, 4.69) is 219 Å². The van der Waals surface area contributed by atoms with Gasteiger partial charge in [-0.05, 0) is 121 Å². The zero-order chi connectivity index (χ0) is 46.4. The summed E-state index contributed by atoms with van der Waals surface area (Å²) in [7, 11) is 33.4. The fourth-order valence-corrected chi connectivity index (χ4v) is 12.5. The second-order valence-electron chi connectivity index (χ2n) is 19.9. The van der Waals surface area contributed by atoms with Crippen molar-refractivity contribution in [1.82, 2.24) is 0 Å². The van der Waals surface area contributed by atoms with Crippen LogP contribution in [-0.4, -0.2) is 110 Å². The SMILES string of the molecule is Bc1c(B)c(B)c2c(-c3c4c(B)c(B)c(B)c(B)c4c(-c4cc5ccccc5c5ccccc45)c4c(B)c(B)c(B)c(B)c34)c(B)c(B)c(-c3cc4ccccc4c4ccccc34)c2c1B. The van der Waals surface area contributed by atoms with Crippen molar-refractivity contribution in [2.24, 2.45) is 0 Å². The molecule has 11 aromatic carbocycles. The molecule has 0 amide bonds. The molecule has 0 N–H and O–H groups in total. The van der Waals surface area contributed by atoms with Gasteiger partial charge in [0.1, 0.15) is 110 Å². The van der Waals surface area contributed by atoms with Gasteiger partial charge in [-0.2, -0.15) is 0 Å². The molecular formula is C52H46B14. The number of benzene rings is 11. The number of hydrogen-bond donors (Lipinski definition) is 0. The van der Waals surface area contributed by atoms with Gasteiger partial charge in [0.25, 0.3) is 0 Å². The molecule has 0 aromatic heterocycles. The van der Waals surface area contributed by atoms with E-state index in [-0.39, 0.29) is 0 Å². The van der Waals surface area contributed by atoms with Gasteiger partial charge < -0.3 is 0 Å². The first kappa shape index (κ1) is 42.8. The Labute approximate surface area is 401 Å². The van der Waals surface area contributed by atoms with Gasteiger partial charge in [-0.15, -0.1) is 32.8 Å². The summed E-state index contributed by atoms with van der Waals surface area (Å²) in [5, 5.41) is 18.7. The third-order valence-corrected chi connectivity index (χ3v) is 17.2. The van der Waals surface area contributed by atoms with Crippen molar-refractivity contribution in [3.8, 4) is 33.4 Å². The van der Waals surface area contributed by atoms with Gasteiger partial charge in [0.15, 0.2) is 0 Å². The zero-order valence-corrected chi connectivity index (χ0v) is 41.4. The van der Waals surface area contributed by atoms with Gasteiger partial charge in [-0.1, -0.05) is 141 Å². The lowest BCUT2D eigenvalue weighted by Gasteiger charge is -2.32. The summed E-state index contributed by atoms with van der Waals surface area (Å²) in [4.78, 5) is 0. The molecule has 11 aromatic rings. The Kier molecular flexibility index (Phi) is 9.95. The van der Waals surface area contributed by atoms with Crippen LogP contribution in [0.4, 0.5) is 0 Å². The summed E-state index contributed by atoms with van der Waals surface area (Å²) in [6, 6.07) is 41.1. The smallest absolute Gasteiger partial charge is 0.101 e. The van der Waals surface area contributed by atoms with Gasteiger partial charge >= 0.3 is 0 Å². The van der Waals surface area contributed by atoms with E-state index in [1.807, 2.05) is 0 Å². The fraction of sp³-hybridized carbons (Fsp3) is 0. The minimum atomic E-state index is 1.28. The molecule has 0 saturated heterocycles. The third-order valence-electron chi connectivity index (χ3n) is 17.2. The molecule has 14 heteroatoms. The Bertz CT molecular complexity index is 3970. The molecule has 0 nitrogen and oxygen atoms in total. The minimum Gasteiger partial charge on any atom is -0.101 e. The molecule has 0 spiro atoms. The summed E-state index contributed by atoms with van der Waals surface area (Å²) in [6.45, 7) is 0. The van der Waals surface area contributed by atoms with Crippen molar-refractivity contribution < 1.29 is 0 Å².